The maximum Gasteiger partial charge on any atom is 0.425 e. The minimum Gasteiger partial charge on any atom is -0.383 e. The standard InChI is InChI=1S/C12H12F12O2/c13-5(11(19,20)21)9(15,16)7(25)2-1-3-8(26,4-7)10(17,18)6(14)12(22,23)24/h5-6,25-26H,1-4H2. The maximum atomic E-state index is 13.7. The molecule has 0 spiro atoms. The van der Waals surface area contributed by atoms with Crippen molar-refractivity contribution in [2.45, 2.75) is 73.4 Å². The quantitative estimate of drug-likeness (QED) is 0.678. The van der Waals surface area contributed by atoms with Gasteiger partial charge in [-0.3, -0.25) is 0 Å². The van der Waals surface area contributed by atoms with E-state index in [1.807, 2.05) is 0 Å². The monoisotopic (exact) mass is 416 g/mol. The molecular weight excluding hydrogens is 404 g/mol. The Labute approximate surface area is 137 Å². The molecule has 0 amide bonds. The smallest absolute Gasteiger partial charge is 0.383 e. The summed E-state index contributed by atoms with van der Waals surface area (Å²) in [4.78, 5) is 0. The molecule has 0 heterocycles. The summed E-state index contributed by atoms with van der Waals surface area (Å²) in [7, 11) is 0. The molecule has 156 valence electrons. The van der Waals surface area contributed by atoms with Crippen LogP contribution in [0.3, 0.4) is 0 Å². The minimum absolute atomic E-state index is 1.15. The summed E-state index contributed by atoms with van der Waals surface area (Å²) in [5.74, 6) is -11.6. The highest BCUT2D eigenvalue weighted by molar-refractivity contribution is 5.12. The SMILES string of the molecule is OC1(C(F)(F)C(F)C(F)(F)F)CCCC(O)(C(F)(F)C(F)C(F)(F)F)C1. The normalized spacial score (nSPS) is 31.6. The summed E-state index contributed by atoms with van der Waals surface area (Å²) >= 11 is 0. The van der Waals surface area contributed by atoms with Crippen molar-refractivity contribution in [1.29, 1.82) is 0 Å². The third kappa shape index (κ3) is 3.71. The highest BCUT2D eigenvalue weighted by Gasteiger charge is 2.74. The molecule has 0 aromatic heterocycles. The van der Waals surface area contributed by atoms with E-state index in [0.29, 0.717) is 0 Å². The molecule has 14 heteroatoms. The van der Waals surface area contributed by atoms with Crippen LogP contribution in [0.1, 0.15) is 25.7 Å². The van der Waals surface area contributed by atoms with E-state index >= 15 is 0 Å². The van der Waals surface area contributed by atoms with Crippen molar-refractivity contribution in [2.24, 2.45) is 0 Å². The van der Waals surface area contributed by atoms with Gasteiger partial charge in [0.05, 0.1) is 0 Å². The minimum atomic E-state index is -6.24. The van der Waals surface area contributed by atoms with Crippen LogP contribution in [0.15, 0.2) is 0 Å². The molecule has 0 aromatic rings. The zero-order valence-electron chi connectivity index (χ0n) is 12.4. The summed E-state index contributed by atoms with van der Waals surface area (Å²) in [6.45, 7) is 0. The number of aliphatic hydroxyl groups is 2. The molecule has 1 rings (SSSR count). The van der Waals surface area contributed by atoms with Crippen molar-refractivity contribution in [3.8, 4) is 0 Å². The summed E-state index contributed by atoms with van der Waals surface area (Å²) in [6, 6.07) is 0. The zero-order valence-corrected chi connectivity index (χ0v) is 12.4. The van der Waals surface area contributed by atoms with Gasteiger partial charge in [0, 0.05) is 6.42 Å². The van der Waals surface area contributed by atoms with Crippen LogP contribution in [0.25, 0.3) is 0 Å². The fraction of sp³-hybridized carbons (Fsp3) is 1.00. The van der Waals surface area contributed by atoms with E-state index in [1.165, 1.54) is 0 Å². The summed E-state index contributed by atoms with van der Waals surface area (Å²) in [5.41, 5.74) is -8.58. The first kappa shape index (κ1) is 23.1. The molecule has 26 heavy (non-hydrogen) atoms. The third-order valence-corrected chi connectivity index (χ3v) is 4.22. The van der Waals surface area contributed by atoms with E-state index < -0.39 is 73.4 Å². The van der Waals surface area contributed by atoms with Gasteiger partial charge in [0.15, 0.2) is 0 Å². The molecule has 0 bridgehead atoms. The predicted octanol–water partition coefficient (Wildman–Crippen LogP) is 4.09. The van der Waals surface area contributed by atoms with E-state index in [0.717, 1.165) is 0 Å². The van der Waals surface area contributed by atoms with Crippen LogP contribution in [0.4, 0.5) is 52.7 Å². The van der Waals surface area contributed by atoms with Crippen LogP contribution in [0.2, 0.25) is 0 Å². The topological polar surface area (TPSA) is 40.5 Å². The van der Waals surface area contributed by atoms with Crippen LogP contribution in [-0.4, -0.2) is 58.0 Å². The van der Waals surface area contributed by atoms with Crippen molar-refractivity contribution in [1.82, 2.24) is 0 Å². The van der Waals surface area contributed by atoms with E-state index in [2.05, 4.69) is 0 Å². The second-order valence-corrected chi connectivity index (χ2v) is 6.15. The predicted molar refractivity (Wildman–Crippen MR) is 60.2 cm³/mol. The molecule has 0 aliphatic heterocycles. The maximum absolute atomic E-state index is 13.7. The van der Waals surface area contributed by atoms with Gasteiger partial charge in [-0.1, -0.05) is 0 Å². The Morgan fingerprint density at radius 1 is 0.615 bits per heavy atom. The van der Waals surface area contributed by atoms with Gasteiger partial charge in [-0.15, -0.1) is 0 Å². The Morgan fingerprint density at radius 2 is 0.885 bits per heavy atom. The number of hydrogen-bond donors (Lipinski definition) is 2. The van der Waals surface area contributed by atoms with E-state index in [4.69, 9.17) is 0 Å². The lowest BCUT2D eigenvalue weighted by atomic mass is 9.68. The average molecular weight is 416 g/mol. The lowest BCUT2D eigenvalue weighted by molar-refractivity contribution is -0.338. The molecule has 1 fully saturated rings. The molecule has 1 saturated carbocycles. The number of alkyl halides is 12. The molecule has 0 saturated heterocycles. The summed E-state index contributed by atoms with van der Waals surface area (Å²) < 4.78 is 154. The Balaban J connectivity index is 3.29. The lowest BCUT2D eigenvalue weighted by Crippen LogP contribution is -2.67. The first-order chi connectivity index (χ1) is 11.2. The van der Waals surface area contributed by atoms with Crippen LogP contribution >= 0.6 is 0 Å². The molecule has 2 nitrogen and oxygen atoms in total. The van der Waals surface area contributed by atoms with Crippen molar-refractivity contribution >= 4 is 0 Å². The van der Waals surface area contributed by atoms with Crippen LogP contribution < -0.4 is 0 Å². The Hall–Kier alpha value is -0.920. The molecule has 1 aliphatic rings. The lowest BCUT2D eigenvalue weighted by Gasteiger charge is -2.49. The average Bonchev–Trinajstić information content (AvgIpc) is 2.43. The van der Waals surface area contributed by atoms with Gasteiger partial charge in [-0.05, 0) is 19.3 Å². The van der Waals surface area contributed by atoms with Gasteiger partial charge in [0.25, 0.3) is 12.3 Å². The van der Waals surface area contributed by atoms with Gasteiger partial charge in [0.1, 0.15) is 11.2 Å². The Morgan fingerprint density at radius 3 is 1.12 bits per heavy atom. The number of rotatable bonds is 4. The molecule has 4 atom stereocenters. The number of hydrogen-bond acceptors (Lipinski definition) is 2. The zero-order chi connectivity index (χ0) is 21.0. The molecule has 0 aromatic carbocycles. The second-order valence-electron chi connectivity index (χ2n) is 6.15. The number of halogens is 12. The summed E-state index contributed by atoms with van der Waals surface area (Å²) in [5, 5.41) is 19.3. The molecular formula is C12H12F12O2. The molecule has 4 unspecified atom stereocenters. The van der Waals surface area contributed by atoms with Crippen molar-refractivity contribution in [3.05, 3.63) is 0 Å². The van der Waals surface area contributed by atoms with E-state index in [-0.39, 0.29) is 0 Å². The van der Waals surface area contributed by atoms with Crippen LogP contribution in [-0.2, 0) is 0 Å². The Bertz CT molecular complexity index is 471. The van der Waals surface area contributed by atoms with Crippen molar-refractivity contribution < 1.29 is 62.9 Å². The van der Waals surface area contributed by atoms with Crippen LogP contribution in [0.5, 0.6) is 0 Å². The second kappa shape index (κ2) is 6.31. The highest BCUT2D eigenvalue weighted by atomic mass is 19.4. The first-order valence-corrected chi connectivity index (χ1v) is 6.84. The van der Waals surface area contributed by atoms with E-state index in [9.17, 15) is 62.9 Å². The van der Waals surface area contributed by atoms with Crippen LogP contribution in [0, 0.1) is 0 Å². The fourth-order valence-electron chi connectivity index (χ4n) is 2.79. The van der Waals surface area contributed by atoms with Crippen molar-refractivity contribution in [3.63, 3.8) is 0 Å². The molecule has 1 aliphatic carbocycles. The fourth-order valence-corrected chi connectivity index (χ4v) is 2.79. The highest BCUT2D eigenvalue weighted by Crippen LogP contribution is 2.55. The van der Waals surface area contributed by atoms with Gasteiger partial charge in [-0.2, -0.15) is 43.9 Å². The largest absolute Gasteiger partial charge is 0.425 e. The molecule has 2 N–H and O–H groups in total. The summed E-state index contributed by atoms with van der Waals surface area (Å²) in [6.07, 6.45) is -29.1. The van der Waals surface area contributed by atoms with Gasteiger partial charge >= 0.3 is 24.2 Å². The van der Waals surface area contributed by atoms with E-state index in [1.54, 1.807) is 0 Å². The Kier molecular flexibility index (Phi) is 5.61. The molecule has 0 radical (unpaired) electrons. The van der Waals surface area contributed by atoms with Gasteiger partial charge in [-0.25, -0.2) is 8.78 Å². The third-order valence-electron chi connectivity index (χ3n) is 4.22. The van der Waals surface area contributed by atoms with Gasteiger partial charge < -0.3 is 10.2 Å². The van der Waals surface area contributed by atoms with Crippen molar-refractivity contribution in [2.75, 3.05) is 0 Å². The van der Waals surface area contributed by atoms with Gasteiger partial charge in [0.2, 0.25) is 0 Å². The first-order valence-electron chi connectivity index (χ1n) is 6.84.